The highest BCUT2D eigenvalue weighted by atomic mass is 19.1. The van der Waals surface area contributed by atoms with Gasteiger partial charge in [0.05, 0.1) is 18.7 Å². The fraction of sp³-hybridized carbons (Fsp3) is 0.294. The Bertz CT molecular complexity index is 1720. The van der Waals surface area contributed by atoms with Gasteiger partial charge in [-0.3, -0.25) is 14.4 Å². The third kappa shape index (κ3) is 9.12. The van der Waals surface area contributed by atoms with E-state index in [9.17, 15) is 37.5 Å². The highest BCUT2D eigenvalue weighted by Crippen LogP contribution is 2.22. The SMILES string of the molecule is C=CC(C)N(C(=O)OC(C)(C)C)n1cc(C(=O)NCc2c(F)cc(F)cc2F)c(=O)c(OCc2ccccc2)c1C(=O)N[C@H](C=C)CO. The number of carbonyl (C=O) groups excluding carboxylic acids is 3. The molecule has 0 aliphatic heterocycles. The lowest BCUT2D eigenvalue weighted by Gasteiger charge is -2.34. The van der Waals surface area contributed by atoms with Gasteiger partial charge in [0, 0.05) is 30.4 Å². The van der Waals surface area contributed by atoms with E-state index in [1.807, 2.05) is 0 Å². The van der Waals surface area contributed by atoms with Crippen LogP contribution in [0, 0.1) is 17.5 Å². The molecule has 1 unspecified atom stereocenters. The molecule has 11 nitrogen and oxygen atoms in total. The topological polar surface area (TPSA) is 139 Å². The molecule has 0 saturated carbocycles. The second kappa shape index (κ2) is 16.0. The molecule has 0 radical (unpaired) electrons. The van der Waals surface area contributed by atoms with Crippen molar-refractivity contribution in [1.29, 1.82) is 0 Å². The smallest absolute Gasteiger partial charge is 0.430 e. The summed E-state index contributed by atoms with van der Waals surface area (Å²) in [4.78, 5) is 55.0. The zero-order valence-electron chi connectivity index (χ0n) is 26.9. The Morgan fingerprint density at radius 2 is 1.67 bits per heavy atom. The van der Waals surface area contributed by atoms with Crippen LogP contribution in [0.25, 0.3) is 0 Å². The fourth-order valence-corrected chi connectivity index (χ4v) is 4.26. The predicted molar refractivity (Wildman–Crippen MR) is 172 cm³/mol. The summed E-state index contributed by atoms with van der Waals surface area (Å²) in [6.07, 6.45) is 2.41. The van der Waals surface area contributed by atoms with Crippen LogP contribution in [0.15, 0.2) is 78.8 Å². The minimum absolute atomic E-state index is 0.276. The van der Waals surface area contributed by atoms with Crippen LogP contribution < -0.4 is 25.8 Å². The van der Waals surface area contributed by atoms with Gasteiger partial charge in [-0.1, -0.05) is 42.5 Å². The molecule has 0 aliphatic carbocycles. The Hall–Kier alpha value is -5.37. The van der Waals surface area contributed by atoms with Gasteiger partial charge in [0.2, 0.25) is 5.43 Å². The van der Waals surface area contributed by atoms with Crippen molar-refractivity contribution in [3.05, 3.63) is 124 Å². The van der Waals surface area contributed by atoms with Crippen molar-refractivity contribution in [2.24, 2.45) is 0 Å². The van der Waals surface area contributed by atoms with Gasteiger partial charge in [-0.15, -0.1) is 13.2 Å². The van der Waals surface area contributed by atoms with Crippen LogP contribution in [0.5, 0.6) is 5.75 Å². The summed E-state index contributed by atoms with van der Waals surface area (Å²) in [5, 5.41) is 15.3. The van der Waals surface area contributed by atoms with E-state index in [1.165, 1.54) is 19.1 Å². The minimum atomic E-state index is -1.28. The Labute approximate surface area is 275 Å². The van der Waals surface area contributed by atoms with E-state index in [1.54, 1.807) is 51.1 Å². The molecule has 2 atom stereocenters. The molecule has 2 aromatic carbocycles. The molecular formula is C34H37F3N4O7. The number of nitrogens with zero attached hydrogens (tertiary/aromatic N) is 2. The van der Waals surface area contributed by atoms with Gasteiger partial charge in [0.1, 0.15) is 35.2 Å². The lowest BCUT2D eigenvalue weighted by Crippen LogP contribution is -2.52. The summed E-state index contributed by atoms with van der Waals surface area (Å²) in [6.45, 7) is 11.9. The van der Waals surface area contributed by atoms with Gasteiger partial charge in [-0.25, -0.2) is 27.7 Å². The number of aromatic nitrogens is 1. The molecule has 256 valence electrons. The van der Waals surface area contributed by atoms with Gasteiger partial charge in [0.15, 0.2) is 11.4 Å². The molecule has 1 aromatic heterocycles. The monoisotopic (exact) mass is 670 g/mol. The number of hydrogen-bond donors (Lipinski definition) is 3. The maximum Gasteiger partial charge on any atom is 0.430 e. The average Bonchev–Trinajstić information content (AvgIpc) is 3.02. The predicted octanol–water partition coefficient (Wildman–Crippen LogP) is 4.50. The quantitative estimate of drug-likeness (QED) is 0.228. The van der Waals surface area contributed by atoms with Crippen LogP contribution in [-0.2, 0) is 17.9 Å². The summed E-state index contributed by atoms with van der Waals surface area (Å²) < 4.78 is 54.5. The number of carbonyl (C=O) groups is 3. The molecular weight excluding hydrogens is 633 g/mol. The minimum Gasteiger partial charge on any atom is -0.482 e. The van der Waals surface area contributed by atoms with Crippen molar-refractivity contribution in [2.45, 2.75) is 58.5 Å². The third-order valence-electron chi connectivity index (χ3n) is 6.70. The van der Waals surface area contributed by atoms with Crippen LogP contribution >= 0.6 is 0 Å². The van der Waals surface area contributed by atoms with E-state index in [-0.39, 0.29) is 6.61 Å². The van der Waals surface area contributed by atoms with Gasteiger partial charge in [0.25, 0.3) is 11.8 Å². The number of nitrogens with one attached hydrogen (secondary N) is 2. The number of aliphatic hydroxyl groups excluding tert-OH is 1. The van der Waals surface area contributed by atoms with Crippen molar-refractivity contribution in [2.75, 3.05) is 11.6 Å². The normalized spacial score (nSPS) is 12.3. The first kappa shape index (κ1) is 37.1. The Morgan fingerprint density at radius 1 is 1.04 bits per heavy atom. The second-order valence-corrected chi connectivity index (χ2v) is 11.5. The van der Waals surface area contributed by atoms with Crippen molar-refractivity contribution >= 4 is 17.9 Å². The number of benzene rings is 2. The fourth-order valence-electron chi connectivity index (χ4n) is 4.26. The van der Waals surface area contributed by atoms with E-state index in [0.29, 0.717) is 17.7 Å². The van der Waals surface area contributed by atoms with Crippen molar-refractivity contribution in [3.63, 3.8) is 0 Å². The van der Waals surface area contributed by atoms with Gasteiger partial charge in [-0.05, 0) is 33.3 Å². The van der Waals surface area contributed by atoms with Crippen LogP contribution in [0.1, 0.15) is 59.7 Å². The van der Waals surface area contributed by atoms with Crippen LogP contribution in [-0.4, -0.2) is 52.0 Å². The maximum atomic E-state index is 14.3. The first-order valence-corrected chi connectivity index (χ1v) is 14.7. The molecule has 3 amide bonds. The Balaban J connectivity index is 2.31. The maximum absolute atomic E-state index is 14.3. The van der Waals surface area contributed by atoms with Crippen LogP contribution in [0.4, 0.5) is 18.0 Å². The molecule has 0 saturated heterocycles. The number of aliphatic hydroxyl groups is 1. The summed E-state index contributed by atoms with van der Waals surface area (Å²) in [5.41, 5.74) is -3.56. The van der Waals surface area contributed by atoms with Gasteiger partial charge in [-0.2, -0.15) is 0 Å². The summed E-state index contributed by atoms with van der Waals surface area (Å²) in [6, 6.07) is 7.41. The molecule has 0 bridgehead atoms. The number of hydrogen-bond acceptors (Lipinski definition) is 7. The molecule has 48 heavy (non-hydrogen) atoms. The standard InChI is InChI=1S/C34H37F3N4O7/c1-7-20(3)41(33(46)48-34(4,5)6)40-17-25(31(44)38-16-24-26(36)14-22(35)15-27(24)37)29(43)30(47-19-21-12-10-9-11-13-21)28(40)32(45)39-23(8-2)18-42/h7-15,17,20,23,42H,1-2,16,18-19H2,3-6H3,(H,38,44)(H,39,45)/t20?,23-/m1/s1. The van der Waals surface area contributed by atoms with Gasteiger partial charge >= 0.3 is 6.09 Å². The van der Waals surface area contributed by atoms with Crippen LogP contribution in [0.3, 0.4) is 0 Å². The summed E-state index contributed by atoms with van der Waals surface area (Å²) in [5.74, 6) is -6.60. The zero-order chi connectivity index (χ0) is 35.8. The van der Waals surface area contributed by atoms with Crippen molar-refractivity contribution < 1.29 is 42.1 Å². The molecule has 3 rings (SSSR count). The summed E-state index contributed by atoms with van der Waals surface area (Å²) >= 11 is 0. The molecule has 3 aromatic rings. The van der Waals surface area contributed by atoms with E-state index in [4.69, 9.17) is 9.47 Å². The number of rotatable bonds is 13. The molecule has 1 heterocycles. The first-order valence-electron chi connectivity index (χ1n) is 14.7. The van der Waals surface area contributed by atoms with Crippen LogP contribution in [0.2, 0.25) is 0 Å². The number of halogens is 3. The highest BCUT2D eigenvalue weighted by Gasteiger charge is 2.34. The summed E-state index contributed by atoms with van der Waals surface area (Å²) in [7, 11) is 0. The van der Waals surface area contributed by atoms with Gasteiger partial charge < -0.3 is 25.2 Å². The lowest BCUT2D eigenvalue weighted by molar-refractivity contribution is 0.0525. The first-order chi connectivity index (χ1) is 22.6. The highest BCUT2D eigenvalue weighted by molar-refractivity contribution is 5.99. The molecule has 0 spiro atoms. The second-order valence-electron chi connectivity index (χ2n) is 11.5. The van der Waals surface area contributed by atoms with Crippen molar-refractivity contribution in [3.8, 4) is 5.75 Å². The molecule has 0 aliphatic rings. The number of ether oxygens (including phenoxy) is 2. The molecule has 3 N–H and O–H groups in total. The van der Waals surface area contributed by atoms with E-state index < -0.39 is 94.2 Å². The molecule has 14 heteroatoms. The Morgan fingerprint density at radius 3 is 2.21 bits per heavy atom. The third-order valence-corrected chi connectivity index (χ3v) is 6.70. The van der Waals surface area contributed by atoms with E-state index in [2.05, 4.69) is 23.8 Å². The number of amides is 3. The van der Waals surface area contributed by atoms with E-state index >= 15 is 0 Å². The lowest BCUT2D eigenvalue weighted by atomic mass is 10.1. The Kier molecular flexibility index (Phi) is 12.3. The van der Waals surface area contributed by atoms with Crippen molar-refractivity contribution in [1.82, 2.24) is 15.3 Å². The number of pyridine rings is 1. The average molecular weight is 671 g/mol. The largest absolute Gasteiger partial charge is 0.482 e. The molecule has 0 fully saturated rings. The van der Waals surface area contributed by atoms with E-state index in [0.717, 1.165) is 15.9 Å². The zero-order valence-corrected chi connectivity index (χ0v) is 26.9.